The lowest BCUT2D eigenvalue weighted by atomic mass is 10.1. The molecule has 5 nitrogen and oxygen atoms in total. The molecule has 0 saturated carbocycles. The zero-order valence-corrected chi connectivity index (χ0v) is 17.6. The minimum absolute atomic E-state index is 0.0482. The third kappa shape index (κ3) is 5.31. The van der Waals surface area contributed by atoms with Gasteiger partial charge in [-0.3, -0.25) is 4.79 Å². The van der Waals surface area contributed by atoms with Gasteiger partial charge in [0.1, 0.15) is 5.82 Å². The van der Waals surface area contributed by atoms with Crippen LogP contribution in [0.25, 0.3) is 0 Å². The molecule has 2 N–H and O–H groups in total. The van der Waals surface area contributed by atoms with Gasteiger partial charge >= 0.3 is 6.03 Å². The molecule has 1 atom stereocenters. The van der Waals surface area contributed by atoms with Crippen LogP contribution >= 0.6 is 24.4 Å². The van der Waals surface area contributed by atoms with Crippen LogP contribution in [0.2, 0.25) is 5.02 Å². The molecule has 0 aromatic heterocycles. The Morgan fingerprint density at radius 1 is 1.00 bits per heavy atom. The molecular formula is C22H19ClFN3O2S. The number of thiol groups is 1. The standard InChI is InChI=1S/C22H19ClFN3O2S/c1-14(15-6-8-16(23)9-7-15)25-22(29)27(30)18-12-10-17(11-13-18)26-21(28)19-4-2-3-5-20(19)24/h2-14,30H,1H3,(H,25,29)(H,26,28). The smallest absolute Gasteiger partial charge is 0.330 e. The van der Waals surface area contributed by atoms with Crippen LogP contribution in [0.15, 0.2) is 72.8 Å². The van der Waals surface area contributed by atoms with E-state index in [0.29, 0.717) is 16.4 Å². The molecule has 3 rings (SSSR count). The molecule has 8 heteroatoms. The van der Waals surface area contributed by atoms with Crippen molar-refractivity contribution in [3.05, 3.63) is 94.8 Å². The summed E-state index contributed by atoms with van der Waals surface area (Å²) in [4.78, 5) is 24.7. The van der Waals surface area contributed by atoms with Crippen LogP contribution in [0.4, 0.5) is 20.6 Å². The van der Waals surface area contributed by atoms with Crippen molar-refractivity contribution in [3.8, 4) is 0 Å². The highest BCUT2D eigenvalue weighted by Gasteiger charge is 2.16. The summed E-state index contributed by atoms with van der Waals surface area (Å²) in [5.74, 6) is -1.15. The highest BCUT2D eigenvalue weighted by molar-refractivity contribution is 7.82. The molecule has 1 unspecified atom stereocenters. The number of urea groups is 1. The van der Waals surface area contributed by atoms with Gasteiger partial charge in [0.15, 0.2) is 0 Å². The largest absolute Gasteiger partial charge is 0.332 e. The maximum atomic E-state index is 13.7. The Hall–Kier alpha value is -3.03. The van der Waals surface area contributed by atoms with Crippen molar-refractivity contribution in [1.82, 2.24) is 5.32 Å². The summed E-state index contributed by atoms with van der Waals surface area (Å²) in [6.45, 7) is 1.85. The van der Waals surface area contributed by atoms with E-state index in [2.05, 4.69) is 23.4 Å². The summed E-state index contributed by atoms with van der Waals surface area (Å²) in [7, 11) is 0. The third-order valence-electron chi connectivity index (χ3n) is 4.39. The first-order valence-corrected chi connectivity index (χ1v) is 9.84. The third-order valence-corrected chi connectivity index (χ3v) is 5.06. The number of carbonyl (C=O) groups is 2. The van der Waals surface area contributed by atoms with Gasteiger partial charge in [-0.1, -0.05) is 48.7 Å². The van der Waals surface area contributed by atoms with Gasteiger partial charge in [-0.2, -0.15) is 0 Å². The molecule has 0 heterocycles. The lowest BCUT2D eigenvalue weighted by Crippen LogP contribution is -2.35. The predicted molar refractivity (Wildman–Crippen MR) is 121 cm³/mol. The fourth-order valence-electron chi connectivity index (χ4n) is 2.73. The van der Waals surface area contributed by atoms with E-state index in [0.717, 1.165) is 9.87 Å². The predicted octanol–water partition coefficient (Wildman–Crippen LogP) is 5.85. The van der Waals surface area contributed by atoms with Crippen molar-refractivity contribution in [3.63, 3.8) is 0 Å². The van der Waals surface area contributed by atoms with Crippen LogP contribution < -0.4 is 14.9 Å². The number of halogens is 2. The zero-order valence-electron chi connectivity index (χ0n) is 16.0. The number of nitrogens with zero attached hydrogens (tertiary/aromatic N) is 1. The van der Waals surface area contributed by atoms with Gasteiger partial charge < -0.3 is 10.6 Å². The number of nitrogens with one attached hydrogen (secondary N) is 2. The zero-order chi connectivity index (χ0) is 21.7. The minimum atomic E-state index is -0.598. The van der Waals surface area contributed by atoms with Gasteiger partial charge in [-0.25, -0.2) is 13.5 Å². The maximum Gasteiger partial charge on any atom is 0.332 e. The monoisotopic (exact) mass is 443 g/mol. The Kier molecular flexibility index (Phi) is 6.97. The maximum absolute atomic E-state index is 13.7. The first-order chi connectivity index (χ1) is 14.3. The SMILES string of the molecule is CC(NC(=O)N(S)c1ccc(NC(=O)c2ccccc2F)cc1)c1ccc(Cl)cc1. The number of hydrogen-bond donors (Lipinski definition) is 3. The van der Waals surface area contributed by atoms with E-state index in [9.17, 15) is 14.0 Å². The van der Waals surface area contributed by atoms with Gasteiger partial charge in [0.05, 0.1) is 17.3 Å². The fourth-order valence-corrected chi connectivity index (χ4v) is 3.05. The molecule has 0 aliphatic heterocycles. The molecule has 0 radical (unpaired) electrons. The highest BCUT2D eigenvalue weighted by Crippen LogP contribution is 2.22. The van der Waals surface area contributed by atoms with E-state index in [4.69, 9.17) is 11.6 Å². The first-order valence-electron chi connectivity index (χ1n) is 9.06. The second kappa shape index (κ2) is 9.65. The molecule has 3 amide bonds. The van der Waals surface area contributed by atoms with E-state index in [1.807, 2.05) is 19.1 Å². The number of hydrogen-bond acceptors (Lipinski definition) is 3. The first kappa shape index (κ1) is 21.7. The summed E-state index contributed by atoms with van der Waals surface area (Å²) in [6.07, 6.45) is 0. The molecule has 3 aromatic rings. The van der Waals surface area contributed by atoms with Crippen LogP contribution in [0, 0.1) is 5.82 Å². The average Bonchev–Trinajstić information content (AvgIpc) is 2.74. The lowest BCUT2D eigenvalue weighted by Gasteiger charge is -2.21. The molecule has 0 aliphatic carbocycles. The summed E-state index contributed by atoms with van der Waals surface area (Å²) >= 11 is 10.1. The van der Waals surface area contributed by atoms with Gasteiger partial charge in [-0.15, -0.1) is 0 Å². The number of anilines is 2. The van der Waals surface area contributed by atoms with Crippen molar-refractivity contribution < 1.29 is 14.0 Å². The van der Waals surface area contributed by atoms with Gasteiger partial charge in [0.25, 0.3) is 5.91 Å². The topological polar surface area (TPSA) is 61.4 Å². The lowest BCUT2D eigenvalue weighted by molar-refractivity contribution is 0.102. The number of rotatable bonds is 5. The number of benzene rings is 3. The number of carbonyl (C=O) groups excluding carboxylic acids is 2. The van der Waals surface area contributed by atoms with Crippen molar-refractivity contribution >= 4 is 47.7 Å². The molecule has 154 valence electrons. The highest BCUT2D eigenvalue weighted by atomic mass is 35.5. The Balaban J connectivity index is 1.62. The number of amides is 3. The summed E-state index contributed by atoms with van der Waals surface area (Å²) in [5.41, 5.74) is 1.82. The van der Waals surface area contributed by atoms with Crippen LogP contribution in [-0.4, -0.2) is 11.9 Å². The fraction of sp³-hybridized carbons (Fsp3) is 0.0909. The molecule has 0 fully saturated rings. The summed E-state index contributed by atoms with van der Waals surface area (Å²) < 4.78 is 14.9. The summed E-state index contributed by atoms with van der Waals surface area (Å²) in [6, 6.07) is 18.7. The Morgan fingerprint density at radius 2 is 1.63 bits per heavy atom. The van der Waals surface area contributed by atoms with Crippen molar-refractivity contribution in [2.24, 2.45) is 0 Å². The van der Waals surface area contributed by atoms with Crippen molar-refractivity contribution in [2.45, 2.75) is 13.0 Å². The quantitative estimate of drug-likeness (QED) is 0.433. The average molecular weight is 444 g/mol. The van der Waals surface area contributed by atoms with Crippen LogP contribution in [0.1, 0.15) is 28.9 Å². The minimum Gasteiger partial charge on any atom is -0.330 e. The van der Waals surface area contributed by atoms with E-state index in [-0.39, 0.29) is 11.6 Å². The van der Waals surface area contributed by atoms with Crippen molar-refractivity contribution in [1.29, 1.82) is 0 Å². The van der Waals surface area contributed by atoms with Gasteiger partial charge in [0, 0.05) is 10.7 Å². The molecule has 0 spiro atoms. The van der Waals surface area contributed by atoms with Crippen LogP contribution in [0.3, 0.4) is 0 Å². The van der Waals surface area contributed by atoms with Crippen LogP contribution in [0.5, 0.6) is 0 Å². The van der Waals surface area contributed by atoms with E-state index >= 15 is 0 Å². The van der Waals surface area contributed by atoms with E-state index < -0.39 is 17.8 Å². The molecular weight excluding hydrogens is 425 g/mol. The Labute approximate surface area is 184 Å². The molecule has 0 saturated heterocycles. The van der Waals surface area contributed by atoms with Gasteiger partial charge in [-0.05, 0) is 61.0 Å². The molecule has 0 bridgehead atoms. The Bertz CT molecular complexity index is 1050. The molecule has 30 heavy (non-hydrogen) atoms. The van der Waals surface area contributed by atoms with Crippen molar-refractivity contribution in [2.75, 3.05) is 9.62 Å². The van der Waals surface area contributed by atoms with Crippen LogP contribution in [-0.2, 0) is 0 Å². The second-order valence-corrected chi connectivity index (χ2v) is 7.35. The normalized spacial score (nSPS) is 11.5. The second-order valence-electron chi connectivity index (χ2n) is 6.52. The molecule has 3 aromatic carbocycles. The summed E-state index contributed by atoms with van der Waals surface area (Å²) in [5, 5.41) is 6.08. The van der Waals surface area contributed by atoms with E-state index in [1.54, 1.807) is 42.5 Å². The van der Waals surface area contributed by atoms with E-state index in [1.165, 1.54) is 18.2 Å². The Morgan fingerprint density at radius 3 is 2.27 bits per heavy atom. The van der Waals surface area contributed by atoms with Gasteiger partial charge in [0.2, 0.25) is 0 Å². The molecule has 0 aliphatic rings.